The van der Waals surface area contributed by atoms with Crippen molar-refractivity contribution in [2.24, 2.45) is 0 Å². The van der Waals surface area contributed by atoms with Crippen molar-refractivity contribution in [1.82, 2.24) is 0 Å². The summed E-state index contributed by atoms with van der Waals surface area (Å²) in [6, 6.07) is 51.5. The largest absolute Gasteiger partial charge is 0.497 e. The summed E-state index contributed by atoms with van der Waals surface area (Å²) >= 11 is 0. The van der Waals surface area contributed by atoms with Crippen LogP contribution >= 0.6 is 16.3 Å². The Labute approximate surface area is 418 Å². The third kappa shape index (κ3) is 11.2. The maximum absolute atomic E-state index is 7.89. The highest BCUT2D eigenvalue weighted by Gasteiger charge is 2.31. The maximum Gasteiger partial charge on any atom is 0.150 e. The van der Waals surface area contributed by atoms with Crippen LogP contribution in [0.15, 0.2) is 146 Å². The van der Waals surface area contributed by atoms with Crippen molar-refractivity contribution in [2.75, 3.05) is 28.4 Å². The molecule has 0 amide bonds. The number of hydrogen-bond donors (Lipinski definition) is 0. The first-order valence-corrected chi connectivity index (χ1v) is 26.2. The first-order chi connectivity index (χ1) is 33.7. The van der Waals surface area contributed by atoms with Gasteiger partial charge < -0.3 is 28.0 Å². The van der Waals surface area contributed by atoms with Gasteiger partial charge in [0.05, 0.1) is 28.4 Å². The Balaban J connectivity index is 1.45. The van der Waals surface area contributed by atoms with Crippen LogP contribution in [-0.4, -0.2) is 28.4 Å². The van der Waals surface area contributed by atoms with Crippen LogP contribution in [0.1, 0.15) is 66.8 Å². The van der Waals surface area contributed by atoms with Gasteiger partial charge in [0.25, 0.3) is 0 Å². The quantitative estimate of drug-likeness (QED) is 0.0848. The smallest absolute Gasteiger partial charge is 0.150 e. The van der Waals surface area contributed by atoms with Crippen molar-refractivity contribution in [1.29, 1.82) is 0 Å². The average Bonchev–Trinajstić information content (AvgIpc) is 3.35. The van der Waals surface area contributed by atoms with Crippen molar-refractivity contribution in [3.63, 3.8) is 0 Å². The molecule has 0 spiro atoms. The molecule has 8 rings (SSSR count). The number of rotatable bonds is 17. The van der Waals surface area contributed by atoms with Gasteiger partial charge in [0.1, 0.15) is 34.5 Å². The van der Waals surface area contributed by atoms with E-state index in [9.17, 15) is 0 Å². The minimum atomic E-state index is -1.45. The van der Waals surface area contributed by atoms with Crippen LogP contribution in [0, 0.1) is 55.4 Å². The van der Waals surface area contributed by atoms with Crippen LogP contribution < -0.4 is 49.2 Å². The van der Waals surface area contributed by atoms with Gasteiger partial charge in [-0.05, 0) is 197 Å². The lowest BCUT2D eigenvalue weighted by Gasteiger charge is -2.30. The molecule has 6 nitrogen and oxygen atoms in total. The van der Waals surface area contributed by atoms with Gasteiger partial charge in [0.2, 0.25) is 0 Å². The Bertz CT molecular complexity index is 2760. The summed E-state index contributed by atoms with van der Waals surface area (Å²) < 4.78 is 38.4. The van der Waals surface area contributed by atoms with Gasteiger partial charge in [-0.3, -0.25) is 0 Å². The number of benzene rings is 8. The molecule has 0 aliphatic rings. The van der Waals surface area contributed by atoms with Crippen molar-refractivity contribution < 1.29 is 28.0 Å². The second-order valence-electron chi connectivity index (χ2n) is 18.3. The number of ether oxygens (including phenoxy) is 4. The molecule has 70 heavy (non-hydrogen) atoms. The molecule has 0 N–H and O–H groups in total. The van der Waals surface area contributed by atoms with E-state index in [0.717, 1.165) is 89.1 Å². The highest BCUT2D eigenvalue weighted by atomic mass is 31.1. The Kier molecular flexibility index (Phi) is 15.7. The first kappa shape index (κ1) is 49.8. The van der Waals surface area contributed by atoms with Gasteiger partial charge in [-0.1, -0.05) is 70.8 Å². The number of aryl methyl sites for hydroxylation is 6. The lowest BCUT2D eigenvalue weighted by Crippen LogP contribution is -2.18. The molecule has 0 aromatic heterocycles. The predicted octanol–water partition coefficient (Wildman–Crippen LogP) is 13.9. The van der Waals surface area contributed by atoms with Crippen LogP contribution in [0.5, 0.6) is 34.5 Å². The highest BCUT2D eigenvalue weighted by molar-refractivity contribution is 7.69. The first-order valence-electron chi connectivity index (χ1n) is 23.7. The van der Waals surface area contributed by atoms with E-state index < -0.39 is 16.3 Å². The van der Waals surface area contributed by atoms with Gasteiger partial charge in [-0.15, -0.1) is 0 Å². The zero-order valence-corrected chi connectivity index (χ0v) is 44.4. The minimum absolute atomic E-state index is 0.668. The maximum atomic E-state index is 7.89. The van der Waals surface area contributed by atoms with Crippen molar-refractivity contribution in [3.8, 4) is 45.6 Å². The van der Waals surface area contributed by atoms with E-state index in [2.05, 4.69) is 152 Å². The molecule has 8 heteroatoms. The van der Waals surface area contributed by atoms with E-state index in [0.29, 0.717) is 12.8 Å². The van der Waals surface area contributed by atoms with Gasteiger partial charge in [-0.2, -0.15) is 0 Å². The van der Waals surface area contributed by atoms with Gasteiger partial charge in [0, 0.05) is 45.2 Å². The number of methoxy groups -OCH3 is 4. The lowest BCUT2D eigenvalue weighted by molar-refractivity contribution is 0.415. The van der Waals surface area contributed by atoms with Crippen LogP contribution in [-0.2, 0) is 12.8 Å². The van der Waals surface area contributed by atoms with Gasteiger partial charge >= 0.3 is 0 Å². The van der Waals surface area contributed by atoms with E-state index in [1.807, 2.05) is 48.5 Å². The van der Waals surface area contributed by atoms with Gasteiger partial charge in [-0.25, -0.2) is 0 Å². The molecule has 0 unspecified atom stereocenters. The fourth-order valence-electron chi connectivity index (χ4n) is 9.34. The molecule has 0 bridgehead atoms. The summed E-state index contributed by atoms with van der Waals surface area (Å²) in [5.74, 6) is 4.83. The lowest BCUT2D eigenvalue weighted by atomic mass is 9.85. The standard InChI is InChI=1S/C62H64O6P2/c1-39-29-40(2)32-47(31-39)37-49-35-43(5)45(7)59(61(49)67-69(55-21-13-51(63-9)14-22-55)56-23-15-52(64-10)16-24-56)60-46(8)44(6)36-50(38-48-33-41(3)30-42(4)34-48)62(60)68-70(57-25-17-53(65-11)18-26-57)58-27-19-54(66-12)20-28-58/h13-36H,37-38H2,1-12H3. The van der Waals surface area contributed by atoms with Crippen molar-refractivity contribution in [2.45, 2.75) is 68.2 Å². The fourth-order valence-corrected chi connectivity index (χ4v) is 12.8. The Morgan fingerprint density at radius 1 is 0.329 bits per heavy atom. The van der Waals surface area contributed by atoms with E-state index >= 15 is 0 Å². The second kappa shape index (κ2) is 22.0. The molecule has 0 radical (unpaired) electrons. The molecule has 0 saturated carbocycles. The van der Waals surface area contributed by atoms with Crippen LogP contribution in [0.2, 0.25) is 0 Å². The molecule has 0 atom stereocenters. The molecule has 0 saturated heterocycles. The molecule has 0 fully saturated rings. The molecule has 8 aromatic rings. The monoisotopic (exact) mass is 966 g/mol. The van der Waals surface area contributed by atoms with Crippen LogP contribution in [0.3, 0.4) is 0 Å². The van der Waals surface area contributed by atoms with Crippen molar-refractivity contribution >= 4 is 37.5 Å². The van der Waals surface area contributed by atoms with Crippen LogP contribution in [0.25, 0.3) is 11.1 Å². The number of hydrogen-bond acceptors (Lipinski definition) is 6. The zero-order chi connectivity index (χ0) is 49.6. The summed E-state index contributed by atoms with van der Waals surface area (Å²) in [7, 11) is 3.91. The summed E-state index contributed by atoms with van der Waals surface area (Å²) in [4.78, 5) is 0. The normalized spacial score (nSPS) is 11.2. The second-order valence-corrected chi connectivity index (χ2v) is 21.9. The van der Waals surface area contributed by atoms with Crippen LogP contribution in [0.4, 0.5) is 0 Å². The Morgan fingerprint density at radius 2 is 0.586 bits per heavy atom. The van der Waals surface area contributed by atoms with Crippen molar-refractivity contribution in [3.05, 3.63) is 212 Å². The molecule has 0 aliphatic carbocycles. The van der Waals surface area contributed by atoms with Gasteiger partial charge in [0.15, 0.2) is 16.3 Å². The van der Waals surface area contributed by atoms with E-state index in [1.165, 1.54) is 44.5 Å². The summed E-state index contributed by atoms with van der Waals surface area (Å²) in [6.07, 6.45) is 1.34. The predicted molar refractivity (Wildman–Crippen MR) is 294 cm³/mol. The average molecular weight is 967 g/mol. The topological polar surface area (TPSA) is 55.4 Å². The molecule has 0 heterocycles. The minimum Gasteiger partial charge on any atom is -0.497 e. The molecular formula is C62H64O6P2. The summed E-state index contributed by atoms with van der Waals surface area (Å²) in [6.45, 7) is 17.6. The van der Waals surface area contributed by atoms with E-state index in [-0.39, 0.29) is 0 Å². The molecule has 0 aliphatic heterocycles. The third-order valence-corrected chi connectivity index (χ3v) is 16.7. The Morgan fingerprint density at radius 3 is 0.829 bits per heavy atom. The fraction of sp³-hybridized carbons (Fsp3) is 0.226. The SMILES string of the molecule is COc1ccc(P(Oc2c(Cc3cc(C)cc(C)c3)cc(C)c(C)c2-c2c(C)c(C)cc(Cc3cc(C)cc(C)c3)c2OP(c2ccc(OC)cc2)c2ccc(OC)cc2)c2ccc(OC)cc2)cc1. The Hall–Kier alpha value is -6.58. The van der Waals surface area contributed by atoms with E-state index in [1.54, 1.807) is 28.4 Å². The highest BCUT2D eigenvalue weighted by Crippen LogP contribution is 2.53. The molecule has 358 valence electrons. The van der Waals surface area contributed by atoms with E-state index in [4.69, 9.17) is 28.0 Å². The molecule has 8 aromatic carbocycles. The zero-order valence-electron chi connectivity index (χ0n) is 42.6. The molecular weight excluding hydrogens is 903 g/mol. The summed E-state index contributed by atoms with van der Waals surface area (Å²) in [5, 5.41) is 4.21. The summed E-state index contributed by atoms with van der Waals surface area (Å²) in [5.41, 5.74) is 16.3. The third-order valence-electron chi connectivity index (χ3n) is 12.9.